The Kier molecular flexibility index (Phi) is 6.65. The van der Waals surface area contributed by atoms with Crippen LogP contribution in [0.4, 0.5) is 11.4 Å². The maximum absolute atomic E-state index is 13.8. The Bertz CT molecular complexity index is 1130. The molecule has 2 N–H and O–H groups in total. The first-order chi connectivity index (χ1) is 15.9. The van der Waals surface area contributed by atoms with Gasteiger partial charge in [-0.15, -0.1) is 0 Å². The summed E-state index contributed by atoms with van der Waals surface area (Å²) < 4.78 is 17.0. The molecule has 0 aromatic heterocycles. The van der Waals surface area contributed by atoms with Crippen molar-refractivity contribution in [2.45, 2.75) is 26.3 Å². The molecule has 8 heteroatoms. The van der Waals surface area contributed by atoms with E-state index in [1.165, 1.54) is 7.11 Å². The molecule has 33 heavy (non-hydrogen) atoms. The zero-order valence-corrected chi connectivity index (χ0v) is 20.6. The average Bonchev–Trinajstić information content (AvgIpc) is 2.95. The average molecular weight is 515 g/mol. The highest BCUT2D eigenvalue weighted by Gasteiger charge is 2.44. The van der Waals surface area contributed by atoms with Crippen molar-refractivity contribution < 1.29 is 23.8 Å². The molecule has 0 saturated carbocycles. The molecule has 2 aliphatic rings. The van der Waals surface area contributed by atoms with Crippen molar-refractivity contribution in [2.24, 2.45) is 11.8 Å². The van der Waals surface area contributed by atoms with Gasteiger partial charge in [-0.2, -0.15) is 0 Å². The van der Waals surface area contributed by atoms with Crippen LogP contribution < -0.4 is 20.1 Å². The number of Topliss-reactive ketones (excluding diaryl/α,β-unsaturated/α-hetero) is 1. The number of carbonyl (C=O) groups is 2. The maximum Gasteiger partial charge on any atom is 0.316 e. The fraction of sp³-hybridized carbons (Fsp3) is 0.360. The number of halogens is 1. The topological polar surface area (TPSA) is 85.9 Å². The lowest BCUT2D eigenvalue weighted by atomic mass is 9.75. The molecular formula is C25H27BrN2O5. The SMILES string of the molecule is CCOc1cc([C@@H]2Nc3ccccc3NC3=C2C(=O)[C@H](C(=O)OC)[C@H](C)C3)cc(Br)c1OC. The summed E-state index contributed by atoms with van der Waals surface area (Å²) in [5.74, 6) is -0.639. The molecule has 0 unspecified atom stereocenters. The summed E-state index contributed by atoms with van der Waals surface area (Å²) in [7, 11) is 2.90. The number of esters is 1. The Balaban J connectivity index is 1.91. The third-order valence-corrected chi connectivity index (χ3v) is 6.68. The van der Waals surface area contributed by atoms with Gasteiger partial charge in [0.15, 0.2) is 17.3 Å². The quantitative estimate of drug-likeness (QED) is 0.424. The number of rotatable bonds is 5. The van der Waals surface area contributed by atoms with Gasteiger partial charge in [-0.3, -0.25) is 9.59 Å². The smallest absolute Gasteiger partial charge is 0.316 e. The summed E-state index contributed by atoms with van der Waals surface area (Å²) in [6.07, 6.45) is 0.545. The number of hydrogen-bond acceptors (Lipinski definition) is 7. The molecule has 0 radical (unpaired) electrons. The van der Waals surface area contributed by atoms with E-state index in [4.69, 9.17) is 14.2 Å². The summed E-state index contributed by atoms with van der Waals surface area (Å²) in [6.45, 7) is 4.27. The van der Waals surface area contributed by atoms with Gasteiger partial charge in [0.1, 0.15) is 5.92 Å². The molecule has 0 spiro atoms. The minimum absolute atomic E-state index is 0.191. The fourth-order valence-corrected chi connectivity index (χ4v) is 5.22. The number of fused-ring (bicyclic) bond motifs is 1. The van der Waals surface area contributed by atoms with E-state index in [0.29, 0.717) is 34.6 Å². The van der Waals surface area contributed by atoms with Crippen molar-refractivity contribution in [1.29, 1.82) is 0 Å². The lowest BCUT2D eigenvalue weighted by Gasteiger charge is -2.32. The van der Waals surface area contributed by atoms with Crippen LogP contribution in [0.3, 0.4) is 0 Å². The number of allylic oxidation sites excluding steroid dienone is 1. The van der Waals surface area contributed by atoms with Gasteiger partial charge in [0.2, 0.25) is 0 Å². The van der Waals surface area contributed by atoms with Gasteiger partial charge in [-0.1, -0.05) is 19.1 Å². The van der Waals surface area contributed by atoms with Gasteiger partial charge < -0.3 is 24.8 Å². The maximum atomic E-state index is 13.8. The molecule has 0 saturated heterocycles. The van der Waals surface area contributed by atoms with E-state index < -0.39 is 17.9 Å². The Morgan fingerprint density at radius 2 is 1.91 bits per heavy atom. The van der Waals surface area contributed by atoms with Crippen LogP contribution in [-0.4, -0.2) is 32.6 Å². The fourth-order valence-electron chi connectivity index (χ4n) is 4.60. The lowest BCUT2D eigenvalue weighted by molar-refractivity contribution is -0.151. The van der Waals surface area contributed by atoms with Gasteiger partial charge in [-0.25, -0.2) is 0 Å². The first kappa shape index (κ1) is 23.2. The highest BCUT2D eigenvalue weighted by atomic mass is 79.9. The minimum atomic E-state index is -0.853. The number of ketones is 1. The molecule has 1 aliphatic carbocycles. The van der Waals surface area contributed by atoms with Crippen LogP contribution >= 0.6 is 15.9 Å². The number of benzene rings is 2. The predicted molar refractivity (Wildman–Crippen MR) is 130 cm³/mol. The molecule has 2 aromatic carbocycles. The molecule has 1 heterocycles. The van der Waals surface area contributed by atoms with Crippen LogP contribution in [0.1, 0.15) is 31.9 Å². The van der Waals surface area contributed by atoms with Gasteiger partial charge in [0.25, 0.3) is 0 Å². The molecule has 0 bridgehead atoms. The summed E-state index contributed by atoms with van der Waals surface area (Å²) in [4.78, 5) is 26.3. The number of methoxy groups -OCH3 is 2. The normalized spacial score (nSPS) is 21.7. The Labute approximate surface area is 201 Å². The van der Waals surface area contributed by atoms with E-state index in [1.54, 1.807) is 7.11 Å². The van der Waals surface area contributed by atoms with Crippen molar-refractivity contribution in [3.8, 4) is 11.5 Å². The van der Waals surface area contributed by atoms with E-state index in [2.05, 4.69) is 26.6 Å². The molecule has 3 atom stereocenters. The van der Waals surface area contributed by atoms with Gasteiger partial charge in [0, 0.05) is 11.3 Å². The molecule has 1 aliphatic heterocycles. The van der Waals surface area contributed by atoms with Gasteiger partial charge in [-0.05, 0) is 65.0 Å². The van der Waals surface area contributed by atoms with Crippen LogP contribution in [0.5, 0.6) is 11.5 Å². The van der Waals surface area contributed by atoms with Crippen LogP contribution in [0.2, 0.25) is 0 Å². The molecule has 4 rings (SSSR count). The van der Waals surface area contributed by atoms with E-state index in [1.807, 2.05) is 50.2 Å². The summed E-state index contributed by atoms with van der Waals surface area (Å²) >= 11 is 3.58. The molecule has 2 aromatic rings. The Hall–Kier alpha value is -3.00. The van der Waals surface area contributed by atoms with Crippen molar-refractivity contribution in [1.82, 2.24) is 0 Å². The monoisotopic (exact) mass is 514 g/mol. The Morgan fingerprint density at radius 3 is 2.58 bits per heavy atom. The van der Waals surface area contributed by atoms with Crippen molar-refractivity contribution in [3.05, 3.63) is 57.7 Å². The zero-order valence-electron chi connectivity index (χ0n) is 19.0. The van der Waals surface area contributed by atoms with Crippen LogP contribution in [0, 0.1) is 11.8 Å². The standard InChI is InChI=1S/C25H27BrN2O5/c1-5-33-19-12-14(11-15(26)24(19)31-3)22-21-18(27-16-8-6-7-9-17(16)28-22)10-13(2)20(23(21)29)25(30)32-4/h6-9,11-13,20,22,27-28H,5,10H2,1-4H3/t13-,20-,22+/m1/s1. The van der Waals surface area contributed by atoms with E-state index >= 15 is 0 Å². The van der Waals surface area contributed by atoms with Crippen molar-refractivity contribution >= 4 is 39.1 Å². The number of para-hydroxylation sites is 2. The second kappa shape index (κ2) is 9.47. The second-order valence-corrected chi connectivity index (χ2v) is 9.01. The summed E-state index contributed by atoms with van der Waals surface area (Å²) in [5, 5.41) is 6.97. The molecule has 174 valence electrons. The first-order valence-electron chi connectivity index (χ1n) is 10.9. The highest BCUT2D eigenvalue weighted by molar-refractivity contribution is 9.10. The second-order valence-electron chi connectivity index (χ2n) is 8.15. The first-order valence-corrected chi connectivity index (χ1v) is 11.7. The highest BCUT2D eigenvalue weighted by Crippen LogP contribution is 2.46. The van der Waals surface area contributed by atoms with Gasteiger partial charge in [0.05, 0.1) is 42.7 Å². The largest absolute Gasteiger partial charge is 0.492 e. The zero-order chi connectivity index (χ0) is 23.7. The van der Waals surface area contributed by atoms with Crippen LogP contribution in [0.25, 0.3) is 0 Å². The predicted octanol–water partition coefficient (Wildman–Crippen LogP) is 5.09. The minimum Gasteiger partial charge on any atom is -0.492 e. The van der Waals surface area contributed by atoms with E-state index in [9.17, 15) is 9.59 Å². The summed E-state index contributed by atoms with van der Waals surface area (Å²) in [6, 6.07) is 11.1. The van der Waals surface area contributed by atoms with Gasteiger partial charge >= 0.3 is 5.97 Å². The lowest BCUT2D eigenvalue weighted by Crippen LogP contribution is -2.39. The number of hydrogen-bond donors (Lipinski definition) is 2. The Morgan fingerprint density at radius 1 is 1.18 bits per heavy atom. The third-order valence-electron chi connectivity index (χ3n) is 6.09. The van der Waals surface area contributed by atoms with Crippen molar-refractivity contribution in [2.75, 3.05) is 31.5 Å². The number of nitrogens with one attached hydrogen (secondary N) is 2. The third kappa shape index (κ3) is 4.19. The van der Waals surface area contributed by atoms with Crippen LogP contribution in [-0.2, 0) is 14.3 Å². The molecule has 0 fully saturated rings. The van der Waals surface area contributed by atoms with E-state index in [-0.39, 0.29) is 11.7 Å². The summed E-state index contributed by atoms with van der Waals surface area (Å²) in [5.41, 5.74) is 3.88. The van der Waals surface area contributed by atoms with E-state index in [0.717, 1.165) is 22.6 Å². The molecule has 7 nitrogen and oxygen atoms in total. The van der Waals surface area contributed by atoms with Crippen molar-refractivity contribution in [3.63, 3.8) is 0 Å². The number of carbonyl (C=O) groups excluding carboxylic acids is 2. The van der Waals surface area contributed by atoms with Crippen LogP contribution in [0.15, 0.2) is 52.1 Å². The molecule has 0 amide bonds. The molecular weight excluding hydrogens is 488 g/mol. The number of ether oxygens (including phenoxy) is 3. The number of anilines is 2.